The molecule has 1 heterocycles. The van der Waals surface area contributed by atoms with E-state index in [2.05, 4.69) is 10.9 Å². The molecule has 1 saturated heterocycles. The Morgan fingerprint density at radius 2 is 1.61 bits per heavy atom. The maximum absolute atomic E-state index is 12.3. The summed E-state index contributed by atoms with van der Waals surface area (Å²) in [6, 6.07) is 6.47. The van der Waals surface area contributed by atoms with Crippen LogP contribution in [-0.4, -0.2) is 41.2 Å². The Morgan fingerprint density at radius 1 is 1.04 bits per heavy atom. The molecule has 0 bridgehead atoms. The second-order valence-corrected chi connectivity index (χ2v) is 7.11. The number of carbonyl (C=O) groups is 4. The van der Waals surface area contributed by atoms with Gasteiger partial charge in [0.05, 0.1) is 17.9 Å². The minimum atomic E-state index is -0.638. The van der Waals surface area contributed by atoms with Crippen LogP contribution >= 0.6 is 0 Å². The highest BCUT2D eigenvalue weighted by molar-refractivity contribution is 6.07. The topological polar surface area (TPSA) is 105 Å². The van der Waals surface area contributed by atoms with Crippen LogP contribution < -0.4 is 15.6 Å². The normalized spacial score (nSPS) is 20.9. The Balaban J connectivity index is 1.51. The summed E-state index contributed by atoms with van der Waals surface area (Å²) in [7, 11) is 0. The number of hydrogen-bond donors (Lipinski definition) is 2. The van der Waals surface area contributed by atoms with Gasteiger partial charge in [0, 0.05) is 5.56 Å². The zero-order valence-corrected chi connectivity index (χ0v) is 15.8. The molecule has 2 unspecified atom stereocenters. The molecule has 1 aliphatic carbocycles. The van der Waals surface area contributed by atoms with Crippen molar-refractivity contribution in [3.05, 3.63) is 42.0 Å². The summed E-state index contributed by atoms with van der Waals surface area (Å²) < 4.78 is 5.51. The molecular weight excluding hydrogens is 362 g/mol. The Bertz CT molecular complexity index is 790. The largest absolute Gasteiger partial charge is 0.491 e. The standard InChI is InChI=1S/C20H23N3O5/c1-12(2)28-14-9-7-13(8-10-14)18(25)22-21-17(24)11-23-19(26)15-5-3-4-6-16(15)20(23)27/h3-4,7-10,12,15-16H,5-6,11H2,1-2H3,(H,21,24)(H,22,25). The van der Waals surface area contributed by atoms with E-state index in [-0.39, 0.29) is 29.8 Å². The molecule has 1 aliphatic heterocycles. The van der Waals surface area contributed by atoms with Gasteiger partial charge in [-0.3, -0.25) is 34.9 Å². The summed E-state index contributed by atoms with van der Waals surface area (Å²) in [5.74, 6) is -1.94. The molecule has 2 N–H and O–H groups in total. The lowest BCUT2D eigenvalue weighted by Crippen LogP contribution is -2.47. The van der Waals surface area contributed by atoms with Gasteiger partial charge in [-0.15, -0.1) is 0 Å². The first-order valence-electron chi connectivity index (χ1n) is 9.23. The molecule has 1 fully saturated rings. The summed E-state index contributed by atoms with van der Waals surface area (Å²) in [4.78, 5) is 49.9. The molecule has 2 aliphatic rings. The zero-order chi connectivity index (χ0) is 20.3. The van der Waals surface area contributed by atoms with E-state index in [4.69, 9.17) is 4.74 Å². The van der Waals surface area contributed by atoms with Crippen molar-refractivity contribution in [1.82, 2.24) is 15.8 Å². The van der Waals surface area contributed by atoms with E-state index in [1.54, 1.807) is 24.3 Å². The van der Waals surface area contributed by atoms with Crippen LogP contribution in [0.4, 0.5) is 0 Å². The number of allylic oxidation sites excluding steroid dienone is 2. The van der Waals surface area contributed by atoms with Crippen LogP contribution in [0.3, 0.4) is 0 Å². The van der Waals surface area contributed by atoms with Crippen molar-refractivity contribution in [2.75, 3.05) is 6.54 Å². The maximum Gasteiger partial charge on any atom is 0.269 e. The lowest BCUT2D eigenvalue weighted by Gasteiger charge is -2.15. The summed E-state index contributed by atoms with van der Waals surface area (Å²) >= 11 is 0. The van der Waals surface area contributed by atoms with E-state index in [0.29, 0.717) is 24.2 Å². The second-order valence-electron chi connectivity index (χ2n) is 7.11. The molecule has 0 spiro atoms. The Hall–Kier alpha value is -3.16. The van der Waals surface area contributed by atoms with Crippen LogP contribution in [0.15, 0.2) is 36.4 Å². The monoisotopic (exact) mass is 385 g/mol. The third-order valence-corrected chi connectivity index (χ3v) is 4.70. The zero-order valence-electron chi connectivity index (χ0n) is 15.8. The molecular formula is C20H23N3O5. The highest BCUT2D eigenvalue weighted by atomic mass is 16.5. The molecule has 0 aromatic heterocycles. The van der Waals surface area contributed by atoms with Crippen LogP contribution in [0.2, 0.25) is 0 Å². The van der Waals surface area contributed by atoms with E-state index in [0.717, 1.165) is 4.90 Å². The lowest BCUT2D eigenvalue weighted by atomic mass is 9.85. The third-order valence-electron chi connectivity index (χ3n) is 4.70. The summed E-state index contributed by atoms with van der Waals surface area (Å²) in [6.07, 6.45) is 4.82. The smallest absolute Gasteiger partial charge is 0.269 e. The van der Waals surface area contributed by atoms with Gasteiger partial charge in [-0.05, 0) is 51.0 Å². The highest BCUT2D eigenvalue weighted by Gasteiger charge is 2.47. The van der Waals surface area contributed by atoms with Gasteiger partial charge in [0.2, 0.25) is 11.8 Å². The average molecular weight is 385 g/mol. The molecule has 3 rings (SSSR count). The predicted molar refractivity (Wildman–Crippen MR) is 99.9 cm³/mol. The number of nitrogens with zero attached hydrogens (tertiary/aromatic N) is 1. The van der Waals surface area contributed by atoms with E-state index >= 15 is 0 Å². The van der Waals surface area contributed by atoms with Crippen molar-refractivity contribution < 1.29 is 23.9 Å². The number of nitrogens with one attached hydrogen (secondary N) is 2. The molecule has 8 nitrogen and oxygen atoms in total. The number of rotatable bonds is 5. The number of hydrogen-bond acceptors (Lipinski definition) is 5. The number of carbonyl (C=O) groups excluding carboxylic acids is 4. The van der Waals surface area contributed by atoms with Gasteiger partial charge in [-0.2, -0.15) is 0 Å². The first kappa shape index (κ1) is 19.6. The van der Waals surface area contributed by atoms with Gasteiger partial charge in [-0.1, -0.05) is 12.2 Å². The van der Waals surface area contributed by atoms with Crippen molar-refractivity contribution in [3.63, 3.8) is 0 Å². The fourth-order valence-electron chi connectivity index (χ4n) is 3.36. The van der Waals surface area contributed by atoms with Gasteiger partial charge in [0.25, 0.3) is 11.8 Å². The fourth-order valence-corrected chi connectivity index (χ4v) is 3.36. The maximum atomic E-state index is 12.3. The summed E-state index contributed by atoms with van der Waals surface area (Å²) in [5, 5.41) is 0. The van der Waals surface area contributed by atoms with Crippen LogP contribution in [0.25, 0.3) is 0 Å². The number of ether oxygens (including phenoxy) is 1. The number of fused-ring (bicyclic) bond motifs is 1. The van der Waals surface area contributed by atoms with Crippen LogP contribution in [0.5, 0.6) is 5.75 Å². The van der Waals surface area contributed by atoms with Crippen LogP contribution in [0.1, 0.15) is 37.0 Å². The number of imide groups is 1. The predicted octanol–water partition coefficient (Wildman–Crippen LogP) is 1.19. The van der Waals surface area contributed by atoms with E-state index < -0.39 is 18.4 Å². The first-order valence-corrected chi connectivity index (χ1v) is 9.23. The lowest BCUT2D eigenvalue weighted by molar-refractivity contribution is -0.143. The van der Waals surface area contributed by atoms with E-state index in [1.165, 1.54) is 0 Å². The summed E-state index contributed by atoms with van der Waals surface area (Å²) in [6.45, 7) is 3.39. The average Bonchev–Trinajstić information content (AvgIpc) is 2.91. The van der Waals surface area contributed by atoms with E-state index in [1.807, 2.05) is 26.0 Å². The van der Waals surface area contributed by atoms with Crippen molar-refractivity contribution in [1.29, 1.82) is 0 Å². The van der Waals surface area contributed by atoms with Crippen LogP contribution in [0, 0.1) is 11.8 Å². The van der Waals surface area contributed by atoms with Crippen molar-refractivity contribution in [2.24, 2.45) is 11.8 Å². The Morgan fingerprint density at radius 3 is 2.14 bits per heavy atom. The molecule has 1 aromatic rings. The SMILES string of the molecule is CC(C)Oc1ccc(C(=O)NNC(=O)CN2C(=O)C3CC=CCC3C2=O)cc1. The molecule has 1 aromatic carbocycles. The Labute approximate surface area is 162 Å². The van der Waals surface area contributed by atoms with Gasteiger partial charge < -0.3 is 4.74 Å². The number of benzene rings is 1. The second kappa shape index (κ2) is 8.24. The van der Waals surface area contributed by atoms with Crippen molar-refractivity contribution in [3.8, 4) is 5.75 Å². The molecule has 2 atom stereocenters. The fraction of sp³-hybridized carbons (Fsp3) is 0.400. The van der Waals surface area contributed by atoms with E-state index in [9.17, 15) is 19.2 Å². The molecule has 28 heavy (non-hydrogen) atoms. The van der Waals surface area contributed by atoms with Gasteiger partial charge in [-0.25, -0.2) is 0 Å². The minimum Gasteiger partial charge on any atom is -0.491 e. The quantitative estimate of drug-likeness (QED) is 0.450. The van der Waals surface area contributed by atoms with Crippen molar-refractivity contribution in [2.45, 2.75) is 32.8 Å². The van der Waals surface area contributed by atoms with Crippen molar-refractivity contribution >= 4 is 23.6 Å². The molecule has 0 radical (unpaired) electrons. The third kappa shape index (κ3) is 4.21. The van der Waals surface area contributed by atoms with Crippen LogP contribution in [-0.2, 0) is 14.4 Å². The summed E-state index contributed by atoms with van der Waals surface area (Å²) in [5.41, 5.74) is 4.87. The van der Waals surface area contributed by atoms with Gasteiger partial charge in [0.15, 0.2) is 0 Å². The molecule has 8 heteroatoms. The number of amides is 4. The minimum absolute atomic E-state index is 0.0228. The number of hydrazine groups is 1. The van der Waals surface area contributed by atoms with Gasteiger partial charge in [0.1, 0.15) is 12.3 Å². The molecule has 148 valence electrons. The molecule has 0 saturated carbocycles. The highest BCUT2D eigenvalue weighted by Crippen LogP contribution is 2.34. The Kier molecular flexibility index (Phi) is 5.77. The first-order chi connectivity index (χ1) is 13.4. The number of likely N-dealkylation sites (tertiary alicyclic amines) is 1. The van der Waals surface area contributed by atoms with Gasteiger partial charge >= 0.3 is 0 Å². The molecule has 4 amide bonds.